The van der Waals surface area contributed by atoms with Gasteiger partial charge in [-0.1, -0.05) is 67.1 Å². The van der Waals surface area contributed by atoms with Gasteiger partial charge in [0.1, 0.15) is 27.2 Å². The van der Waals surface area contributed by atoms with Gasteiger partial charge in [0.2, 0.25) is 6.62 Å². The number of ether oxygens (including phenoxy) is 2. The van der Waals surface area contributed by atoms with Crippen LogP contribution in [0, 0.1) is 20.8 Å². The van der Waals surface area contributed by atoms with Gasteiger partial charge in [0.25, 0.3) is 0 Å². The average molecular weight is 552 g/mol. The highest BCUT2D eigenvalue weighted by Crippen LogP contribution is 2.62. The van der Waals surface area contributed by atoms with Gasteiger partial charge in [-0.2, -0.15) is 0 Å². The van der Waals surface area contributed by atoms with Gasteiger partial charge in [-0.05, 0) is 106 Å². The molecule has 0 N–H and O–H groups in total. The Kier molecular flexibility index (Phi) is 12.5. The van der Waals surface area contributed by atoms with Crippen LogP contribution in [0.3, 0.4) is 0 Å². The molecule has 0 saturated heterocycles. The fourth-order valence-electron chi connectivity index (χ4n) is 5.21. The standard InChI is InChI=1S/C34H45ClO2P/c1-27-19-14-16-23-31(27)38(35,32-24-17-15-20-28(32)2)33-25-18-22-30(29(33)3)21-12-10-8-6-7-9-11-13-26-34(36-4)37-5/h6,8,14-20,22-25,34H,7,9-13,21,26H2,1-5H3/q+1/b8-6-. The van der Waals surface area contributed by atoms with E-state index in [0.29, 0.717) is 0 Å². The zero-order valence-electron chi connectivity index (χ0n) is 23.9. The van der Waals surface area contributed by atoms with Crippen molar-refractivity contribution < 1.29 is 9.47 Å². The van der Waals surface area contributed by atoms with Gasteiger partial charge in [-0.15, -0.1) is 0 Å². The summed E-state index contributed by atoms with van der Waals surface area (Å²) >= 11 is 7.88. The molecule has 0 unspecified atom stereocenters. The zero-order valence-corrected chi connectivity index (χ0v) is 25.5. The third kappa shape index (κ3) is 7.80. The van der Waals surface area contributed by atoms with Crippen molar-refractivity contribution in [1.29, 1.82) is 0 Å². The first-order valence-corrected chi connectivity index (χ1v) is 16.6. The molecule has 0 aliphatic rings. The maximum atomic E-state index is 7.88. The summed E-state index contributed by atoms with van der Waals surface area (Å²) in [6, 6.07) is 24.0. The van der Waals surface area contributed by atoms with Crippen molar-refractivity contribution >= 4 is 33.8 Å². The maximum absolute atomic E-state index is 7.88. The maximum Gasteiger partial charge on any atom is 0.211 e. The van der Waals surface area contributed by atoms with E-state index in [1.54, 1.807) is 14.2 Å². The number of methoxy groups -OCH3 is 2. The van der Waals surface area contributed by atoms with Crippen molar-refractivity contribution in [2.24, 2.45) is 0 Å². The molecular weight excluding hydrogens is 507 g/mol. The number of hydrogen-bond acceptors (Lipinski definition) is 2. The molecule has 204 valence electrons. The lowest BCUT2D eigenvalue weighted by Crippen LogP contribution is -2.32. The Morgan fingerprint density at radius 3 is 1.82 bits per heavy atom. The van der Waals surface area contributed by atoms with Gasteiger partial charge < -0.3 is 9.47 Å². The number of benzene rings is 3. The largest absolute Gasteiger partial charge is 0.356 e. The predicted octanol–water partition coefficient (Wildman–Crippen LogP) is 8.51. The SMILES string of the molecule is COC(CCCCC/C=C\CCCc1cccc([P+](Cl)(c2ccccc2C)c2ccccc2C)c1C)OC. The van der Waals surface area contributed by atoms with Crippen molar-refractivity contribution in [3.63, 3.8) is 0 Å². The number of allylic oxidation sites excluding steroid dienone is 2. The third-order valence-electron chi connectivity index (χ3n) is 7.46. The molecule has 0 fully saturated rings. The minimum Gasteiger partial charge on any atom is -0.356 e. The molecule has 0 bridgehead atoms. The molecule has 4 heteroatoms. The van der Waals surface area contributed by atoms with Crippen molar-refractivity contribution in [3.8, 4) is 0 Å². The molecule has 0 aliphatic heterocycles. The number of aryl methyl sites for hydroxylation is 3. The second kappa shape index (κ2) is 15.6. The highest BCUT2D eigenvalue weighted by atomic mass is 35.7. The summed E-state index contributed by atoms with van der Waals surface area (Å²) in [4.78, 5) is 0. The van der Waals surface area contributed by atoms with E-state index in [9.17, 15) is 0 Å². The molecule has 0 aromatic heterocycles. The molecule has 2 nitrogen and oxygen atoms in total. The minimum absolute atomic E-state index is 0.0629. The van der Waals surface area contributed by atoms with Crippen LogP contribution in [-0.4, -0.2) is 20.5 Å². The van der Waals surface area contributed by atoms with E-state index in [1.165, 1.54) is 51.0 Å². The summed E-state index contributed by atoms with van der Waals surface area (Å²) in [7, 11) is 3.41. The number of rotatable bonds is 15. The molecule has 3 aromatic rings. The van der Waals surface area contributed by atoms with E-state index in [1.807, 2.05) is 0 Å². The van der Waals surface area contributed by atoms with E-state index < -0.39 is 6.62 Å². The first kappa shape index (κ1) is 30.6. The fourth-order valence-corrected chi connectivity index (χ4v) is 10.3. The molecule has 0 atom stereocenters. The Hall–Kier alpha value is -1.96. The zero-order chi connectivity index (χ0) is 27.4. The minimum atomic E-state index is -2.30. The molecule has 0 aliphatic carbocycles. The molecule has 0 heterocycles. The van der Waals surface area contributed by atoms with Crippen LogP contribution in [0.25, 0.3) is 0 Å². The summed E-state index contributed by atoms with van der Waals surface area (Å²) in [5.74, 6) is 0. The van der Waals surface area contributed by atoms with E-state index in [2.05, 4.69) is 99.7 Å². The average Bonchev–Trinajstić information content (AvgIpc) is 2.93. The van der Waals surface area contributed by atoms with Crippen molar-refractivity contribution in [3.05, 3.63) is 101 Å². The van der Waals surface area contributed by atoms with E-state index in [-0.39, 0.29) is 6.29 Å². The Labute approximate surface area is 236 Å². The Morgan fingerprint density at radius 2 is 1.24 bits per heavy atom. The summed E-state index contributed by atoms with van der Waals surface area (Å²) in [6.07, 6.45) is 13.6. The molecule has 3 aromatic carbocycles. The van der Waals surface area contributed by atoms with Crippen LogP contribution in [-0.2, 0) is 15.9 Å². The topological polar surface area (TPSA) is 18.5 Å². The molecule has 0 amide bonds. The van der Waals surface area contributed by atoms with Crippen molar-refractivity contribution in [2.75, 3.05) is 14.2 Å². The third-order valence-corrected chi connectivity index (χ3v) is 12.6. The Balaban J connectivity index is 1.67. The van der Waals surface area contributed by atoms with Gasteiger partial charge in [-0.25, -0.2) is 0 Å². The van der Waals surface area contributed by atoms with Gasteiger partial charge in [0.05, 0.1) is 0 Å². The second-order valence-electron chi connectivity index (χ2n) is 10.1. The van der Waals surface area contributed by atoms with Gasteiger partial charge in [-0.3, -0.25) is 0 Å². The van der Waals surface area contributed by atoms with Crippen LogP contribution in [0.4, 0.5) is 0 Å². The molecule has 0 spiro atoms. The predicted molar refractivity (Wildman–Crippen MR) is 168 cm³/mol. The van der Waals surface area contributed by atoms with Gasteiger partial charge >= 0.3 is 0 Å². The summed E-state index contributed by atoms with van der Waals surface area (Å²) in [5.41, 5.74) is 5.27. The van der Waals surface area contributed by atoms with Crippen LogP contribution in [0.15, 0.2) is 78.9 Å². The molecule has 0 saturated carbocycles. The van der Waals surface area contributed by atoms with Crippen molar-refractivity contribution in [1.82, 2.24) is 0 Å². The van der Waals surface area contributed by atoms with Crippen LogP contribution in [0.2, 0.25) is 0 Å². The second-order valence-corrected chi connectivity index (χ2v) is 14.3. The van der Waals surface area contributed by atoms with Gasteiger partial charge in [0.15, 0.2) is 6.29 Å². The normalized spacial score (nSPS) is 12.1. The summed E-state index contributed by atoms with van der Waals surface area (Å²) < 4.78 is 10.5. The summed E-state index contributed by atoms with van der Waals surface area (Å²) in [5, 5.41) is 3.82. The molecular formula is C34H45ClO2P+. The lowest BCUT2D eigenvalue weighted by molar-refractivity contribution is -0.107. The Bertz CT molecular complexity index is 1120. The smallest absolute Gasteiger partial charge is 0.211 e. The van der Waals surface area contributed by atoms with E-state index >= 15 is 0 Å². The first-order valence-electron chi connectivity index (χ1n) is 13.9. The monoisotopic (exact) mass is 551 g/mol. The fraction of sp³-hybridized carbons (Fsp3) is 0.412. The highest BCUT2D eigenvalue weighted by molar-refractivity contribution is 8.15. The van der Waals surface area contributed by atoms with E-state index in [0.717, 1.165) is 38.5 Å². The van der Waals surface area contributed by atoms with Gasteiger partial charge in [0, 0.05) is 14.2 Å². The lowest BCUT2D eigenvalue weighted by Gasteiger charge is -2.24. The molecule has 38 heavy (non-hydrogen) atoms. The van der Waals surface area contributed by atoms with E-state index in [4.69, 9.17) is 20.7 Å². The summed E-state index contributed by atoms with van der Waals surface area (Å²) in [6.45, 7) is 4.35. The van der Waals surface area contributed by atoms with Crippen LogP contribution >= 0.6 is 17.9 Å². The number of unbranched alkanes of at least 4 members (excludes halogenated alkanes) is 4. The lowest BCUT2D eigenvalue weighted by atomic mass is 10.0. The van der Waals surface area contributed by atoms with Crippen LogP contribution in [0.5, 0.6) is 0 Å². The van der Waals surface area contributed by atoms with Crippen molar-refractivity contribution in [2.45, 2.75) is 78.4 Å². The Morgan fingerprint density at radius 1 is 0.684 bits per heavy atom. The quantitative estimate of drug-likeness (QED) is 0.0815. The number of hydrogen-bond donors (Lipinski definition) is 0. The van der Waals surface area contributed by atoms with Crippen LogP contribution < -0.4 is 15.9 Å². The highest BCUT2D eigenvalue weighted by Gasteiger charge is 2.48. The molecule has 3 rings (SSSR count). The first-order chi connectivity index (χ1) is 18.4. The van der Waals surface area contributed by atoms with Crippen LogP contribution in [0.1, 0.15) is 67.2 Å². The molecule has 0 radical (unpaired) electrons. The number of halogens is 1.